The molecule has 0 atom stereocenters. The first-order chi connectivity index (χ1) is 5.49. The normalized spacial score (nSPS) is 18.3. The fourth-order valence-electron chi connectivity index (χ4n) is 0.890. The third-order valence-corrected chi connectivity index (χ3v) is 2.74. The summed E-state index contributed by atoms with van der Waals surface area (Å²) < 4.78 is 25.3. The molecule has 7 heteroatoms. The van der Waals surface area contributed by atoms with Gasteiger partial charge in [-0.3, -0.25) is 0 Å². The van der Waals surface area contributed by atoms with Gasteiger partial charge in [-0.1, -0.05) is 6.42 Å². The van der Waals surface area contributed by atoms with E-state index in [9.17, 15) is 13.2 Å². The summed E-state index contributed by atoms with van der Waals surface area (Å²) in [5, 5.41) is 8.12. The van der Waals surface area contributed by atoms with Crippen molar-refractivity contribution in [2.24, 2.45) is 0 Å². The molecule has 3 N–H and O–H groups in total. The highest BCUT2D eigenvalue weighted by molar-refractivity contribution is 7.88. The summed E-state index contributed by atoms with van der Waals surface area (Å²) in [6, 6.07) is -0.0955. The van der Waals surface area contributed by atoms with E-state index in [2.05, 4.69) is 4.72 Å². The Balaban J connectivity index is 2.42. The topological polar surface area (TPSA) is 95.5 Å². The highest BCUT2D eigenvalue weighted by Gasteiger charge is 2.24. The molecule has 1 aliphatic carbocycles. The summed E-state index contributed by atoms with van der Waals surface area (Å²) in [6.07, 6.45) is 0.975. The standard InChI is InChI=1S/C5H10N2O4S/c8-5(9)7-12(10,11)6-4-2-1-3-4/h4,6-7H,1-3H2,(H,8,9). The zero-order chi connectivity index (χ0) is 9.19. The predicted molar refractivity (Wildman–Crippen MR) is 40.9 cm³/mol. The van der Waals surface area contributed by atoms with Crippen LogP contribution in [0.5, 0.6) is 0 Å². The second-order valence-electron chi connectivity index (χ2n) is 2.66. The van der Waals surface area contributed by atoms with E-state index in [1.54, 1.807) is 0 Å². The molecule has 0 aromatic heterocycles. The van der Waals surface area contributed by atoms with E-state index < -0.39 is 16.3 Å². The van der Waals surface area contributed by atoms with Gasteiger partial charge in [0.05, 0.1) is 0 Å². The monoisotopic (exact) mass is 194 g/mol. The quantitative estimate of drug-likeness (QED) is 0.571. The van der Waals surface area contributed by atoms with Crippen molar-refractivity contribution < 1.29 is 18.3 Å². The van der Waals surface area contributed by atoms with Gasteiger partial charge in [-0.2, -0.15) is 13.1 Å². The maximum absolute atomic E-state index is 10.8. The van der Waals surface area contributed by atoms with Crippen LogP contribution in [0.1, 0.15) is 19.3 Å². The first-order valence-corrected chi connectivity index (χ1v) is 5.01. The van der Waals surface area contributed by atoms with Crippen LogP contribution in [-0.4, -0.2) is 25.7 Å². The lowest BCUT2D eigenvalue weighted by molar-refractivity contribution is 0.200. The van der Waals surface area contributed by atoms with E-state index in [-0.39, 0.29) is 6.04 Å². The average Bonchev–Trinajstić information content (AvgIpc) is 1.76. The fourth-order valence-corrected chi connectivity index (χ4v) is 1.85. The smallest absolute Gasteiger partial charge is 0.419 e. The Kier molecular flexibility index (Phi) is 2.53. The molecule has 0 spiro atoms. The number of carboxylic acid groups (broad SMARTS) is 1. The van der Waals surface area contributed by atoms with Crippen LogP contribution in [0, 0.1) is 0 Å². The summed E-state index contributed by atoms with van der Waals surface area (Å²) >= 11 is 0. The molecule has 1 aliphatic rings. The third kappa shape index (κ3) is 2.67. The number of hydrogen-bond donors (Lipinski definition) is 3. The second-order valence-corrected chi connectivity index (χ2v) is 4.10. The van der Waals surface area contributed by atoms with Gasteiger partial charge in [-0.25, -0.2) is 9.52 Å². The molecule has 0 saturated heterocycles. The highest BCUT2D eigenvalue weighted by atomic mass is 32.2. The van der Waals surface area contributed by atoms with Gasteiger partial charge in [0.1, 0.15) is 0 Å². The summed E-state index contributed by atoms with van der Waals surface area (Å²) in [5.41, 5.74) is 0. The Morgan fingerprint density at radius 2 is 2.00 bits per heavy atom. The van der Waals surface area contributed by atoms with Crippen molar-refractivity contribution in [3.05, 3.63) is 0 Å². The van der Waals surface area contributed by atoms with Gasteiger partial charge in [0.25, 0.3) is 0 Å². The van der Waals surface area contributed by atoms with Gasteiger partial charge in [0.15, 0.2) is 0 Å². The first-order valence-electron chi connectivity index (χ1n) is 3.52. The van der Waals surface area contributed by atoms with Crippen LogP contribution in [0.2, 0.25) is 0 Å². The Morgan fingerprint density at radius 3 is 2.33 bits per heavy atom. The van der Waals surface area contributed by atoms with E-state index in [0.29, 0.717) is 0 Å². The van der Waals surface area contributed by atoms with Crippen molar-refractivity contribution in [3.8, 4) is 0 Å². The Labute approximate surface area is 70.1 Å². The molecule has 6 nitrogen and oxygen atoms in total. The molecule has 0 unspecified atom stereocenters. The van der Waals surface area contributed by atoms with Crippen molar-refractivity contribution in [3.63, 3.8) is 0 Å². The predicted octanol–water partition coefficient (Wildman–Crippen LogP) is -0.359. The summed E-state index contributed by atoms with van der Waals surface area (Å²) in [4.78, 5) is 9.97. The van der Waals surface area contributed by atoms with E-state index >= 15 is 0 Å². The molecule has 0 bridgehead atoms. The van der Waals surface area contributed by atoms with Gasteiger partial charge < -0.3 is 5.11 Å². The number of carbonyl (C=O) groups is 1. The van der Waals surface area contributed by atoms with Gasteiger partial charge in [-0.05, 0) is 12.8 Å². The highest BCUT2D eigenvalue weighted by Crippen LogP contribution is 2.18. The lowest BCUT2D eigenvalue weighted by Gasteiger charge is -2.25. The lowest BCUT2D eigenvalue weighted by atomic mass is 9.94. The van der Waals surface area contributed by atoms with Crippen LogP contribution >= 0.6 is 0 Å². The number of nitrogens with one attached hydrogen (secondary N) is 2. The third-order valence-electron chi connectivity index (χ3n) is 1.65. The molecule has 1 saturated carbocycles. The minimum atomic E-state index is -3.84. The maximum atomic E-state index is 10.8. The molecule has 0 aromatic carbocycles. The minimum Gasteiger partial charge on any atom is -0.464 e. The van der Waals surface area contributed by atoms with Crippen LogP contribution in [0.3, 0.4) is 0 Å². The van der Waals surface area contributed by atoms with Gasteiger partial charge in [0, 0.05) is 6.04 Å². The van der Waals surface area contributed by atoms with Crippen LogP contribution < -0.4 is 9.44 Å². The van der Waals surface area contributed by atoms with Crippen molar-refractivity contribution in [1.29, 1.82) is 0 Å². The Morgan fingerprint density at radius 1 is 1.42 bits per heavy atom. The summed E-state index contributed by atoms with van der Waals surface area (Å²) in [7, 11) is -3.84. The van der Waals surface area contributed by atoms with Crippen LogP contribution in [0.4, 0.5) is 4.79 Å². The Hall–Kier alpha value is -0.820. The van der Waals surface area contributed by atoms with Crippen molar-refractivity contribution in [2.75, 3.05) is 0 Å². The number of amides is 1. The summed E-state index contributed by atoms with van der Waals surface area (Å²) in [5.74, 6) is 0. The zero-order valence-electron chi connectivity index (χ0n) is 6.28. The van der Waals surface area contributed by atoms with E-state index in [0.717, 1.165) is 19.3 Å². The molecule has 1 fully saturated rings. The van der Waals surface area contributed by atoms with Gasteiger partial charge in [0.2, 0.25) is 0 Å². The maximum Gasteiger partial charge on any atom is 0.419 e. The van der Waals surface area contributed by atoms with Crippen molar-refractivity contribution in [1.82, 2.24) is 9.44 Å². The molecule has 0 radical (unpaired) electrons. The molecule has 12 heavy (non-hydrogen) atoms. The molecule has 70 valence electrons. The van der Waals surface area contributed by atoms with Crippen LogP contribution in [0.25, 0.3) is 0 Å². The van der Waals surface area contributed by atoms with E-state index in [4.69, 9.17) is 5.11 Å². The average molecular weight is 194 g/mol. The minimum absolute atomic E-state index is 0.0955. The van der Waals surface area contributed by atoms with Crippen molar-refractivity contribution in [2.45, 2.75) is 25.3 Å². The van der Waals surface area contributed by atoms with Gasteiger partial charge in [-0.15, -0.1) is 0 Å². The SMILES string of the molecule is O=C(O)NS(=O)(=O)NC1CCC1. The number of hydrogen-bond acceptors (Lipinski definition) is 3. The zero-order valence-corrected chi connectivity index (χ0v) is 7.10. The summed E-state index contributed by atoms with van der Waals surface area (Å²) in [6.45, 7) is 0. The molecule has 0 aromatic rings. The molecular formula is C5H10N2O4S. The lowest BCUT2D eigenvalue weighted by Crippen LogP contribution is -2.47. The number of rotatable bonds is 3. The Bertz CT molecular complexity index is 269. The molecule has 1 rings (SSSR count). The van der Waals surface area contributed by atoms with Crippen LogP contribution in [0.15, 0.2) is 0 Å². The largest absolute Gasteiger partial charge is 0.464 e. The fraction of sp³-hybridized carbons (Fsp3) is 0.800. The molecule has 0 aliphatic heterocycles. The molecular weight excluding hydrogens is 184 g/mol. The van der Waals surface area contributed by atoms with Gasteiger partial charge >= 0.3 is 16.3 Å². The molecule has 0 heterocycles. The first kappa shape index (κ1) is 9.27. The van der Waals surface area contributed by atoms with Crippen LogP contribution in [-0.2, 0) is 10.2 Å². The van der Waals surface area contributed by atoms with E-state index in [1.807, 2.05) is 0 Å². The molecule has 1 amide bonds. The van der Waals surface area contributed by atoms with E-state index in [1.165, 1.54) is 4.72 Å². The second kappa shape index (κ2) is 3.28. The van der Waals surface area contributed by atoms with Crippen molar-refractivity contribution >= 4 is 16.3 Å².